The minimum absolute atomic E-state index is 0.0255. The number of ketones is 1. The zero-order valence-corrected chi connectivity index (χ0v) is 8.87. The van der Waals surface area contributed by atoms with Crippen LogP contribution in [0, 0.1) is 5.82 Å². The van der Waals surface area contributed by atoms with Crippen LogP contribution < -0.4 is 5.73 Å². The number of nitrogens with two attached hydrogens (primary N) is 1. The highest BCUT2D eigenvalue weighted by Gasteiger charge is 2.12. The first kappa shape index (κ1) is 11.9. The molecule has 15 heavy (non-hydrogen) atoms. The predicted molar refractivity (Wildman–Crippen MR) is 58.0 cm³/mol. The van der Waals surface area contributed by atoms with Crippen molar-refractivity contribution in [1.29, 1.82) is 0 Å². The van der Waals surface area contributed by atoms with Crippen LogP contribution in [-0.4, -0.2) is 11.8 Å². The first-order valence-corrected chi connectivity index (χ1v) is 5.16. The van der Waals surface area contributed by atoms with E-state index in [9.17, 15) is 9.18 Å². The molecule has 0 saturated carbocycles. The molecule has 1 rings (SSSR count). The summed E-state index contributed by atoms with van der Waals surface area (Å²) in [5, 5.41) is 0. The highest BCUT2D eigenvalue weighted by Crippen LogP contribution is 2.06. The standard InChI is InChI=1S/C12H16FNO/c1-2-4-11(14)12(15)8-9-5-3-6-10(13)7-9/h3,5-7,11H,2,4,8,14H2,1H3. The van der Waals surface area contributed by atoms with Gasteiger partial charge in [0, 0.05) is 6.42 Å². The van der Waals surface area contributed by atoms with E-state index >= 15 is 0 Å². The van der Waals surface area contributed by atoms with Gasteiger partial charge in [0.05, 0.1) is 6.04 Å². The third-order valence-electron chi connectivity index (χ3n) is 2.28. The Hall–Kier alpha value is -1.22. The van der Waals surface area contributed by atoms with E-state index in [1.807, 2.05) is 6.92 Å². The van der Waals surface area contributed by atoms with Gasteiger partial charge in [0.1, 0.15) is 5.82 Å². The van der Waals surface area contributed by atoms with Crippen molar-refractivity contribution in [1.82, 2.24) is 0 Å². The van der Waals surface area contributed by atoms with Gasteiger partial charge in [-0.1, -0.05) is 25.5 Å². The molecule has 82 valence electrons. The number of carbonyl (C=O) groups excluding carboxylic acids is 1. The molecule has 0 radical (unpaired) electrons. The monoisotopic (exact) mass is 209 g/mol. The van der Waals surface area contributed by atoms with Crippen molar-refractivity contribution in [2.75, 3.05) is 0 Å². The van der Waals surface area contributed by atoms with E-state index in [2.05, 4.69) is 0 Å². The average Bonchev–Trinajstić information content (AvgIpc) is 2.18. The fourth-order valence-corrected chi connectivity index (χ4v) is 1.45. The fourth-order valence-electron chi connectivity index (χ4n) is 1.45. The molecular weight excluding hydrogens is 193 g/mol. The Bertz CT molecular complexity index is 338. The number of benzene rings is 1. The second-order valence-electron chi connectivity index (χ2n) is 3.67. The van der Waals surface area contributed by atoms with E-state index in [0.29, 0.717) is 12.0 Å². The Balaban J connectivity index is 2.58. The summed E-state index contributed by atoms with van der Waals surface area (Å²) in [6.45, 7) is 1.98. The molecule has 0 spiro atoms. The third-order valence-corrected chi connectivity index (χ3v) is 2.28. The molecule has 0 amide bonds. The Kier molecular flexibility index (Phi) is 4.43. The molecule has 0 aliphatic heterocycles. The minimum atomic E-state index is -0.418. The Morgan fingerprint density at radius 1 is 1.53 bits per heavy atom. The Morgan fingerprint density at radius 2 is 2.27 bits per heavy atom. The second-order valence-corrected chi connectivity index (χ2v) is 3.67. The van der Waals surface area contributed by atoms with Crippen LogP contribution in [0.5, 0.6) is 0 Å². The summed E-state index contributed by atoms with van der Waals surface area (Å²) < 4.78 is 12.8. The summed E-state index contributed by atoms with van der Waals surface area (Å²) in [5.74, 6) is -0.341. The Morgan fingerprint density at radius 3 is 2.87 bits per heavy atom. The summed E-state index contributed by atoms with van der Waals surface area (Å²) in [6, 6.07) is 5.65. The molecule has 0 saturated heterocycles. The van der Waals surface area contributed by atoms with Crippen molar-refractivity contribution in [3.8, 4) is 0 Å². The number of rotatable bonds is 5. The lowest BCUT2D eigenvalue weighted by molar-refractivity contribution is -0.119. The molecule has 0 fully saturated rings. The van der Waals surface area contributed by atoms with Crippen LogP contribution in [0.4, 0.5) is 4.39 Å². The van der Waals surface area contributed by atoms with Gasteiger partial charge in [0.15, 0.2) is 5.78 Å². The lowest BCUT2D eigenvalue weighted by Gasteiger charge is -2.08. The van der Waals surface area contributed by atoms with Gasteiger partial charge in [-0.05, 0) is 24.1 Å². The molecule has 2 nitrogen and oxygen atoms in total. The minimum Gasteiger partial charge on any atom is -0.321 e. The summed E-state index contributed by atoms with van der Waals surface area (Å²) in [4.78, 5) is 11.6. The van der Waals surface area contributed by atoms with E-state index in [4.69, 9.17) is 5.73 Å². The van der Waals surface area contributed by atoms with Crippen molar-refractivity contribution >= 4 is 5.78 Å². The maximum absolute atomic E-state index is 12.8. The zero-order chi connectivity index (χ0) is 11.3. The maximum atomic E-state index is 12.8. The van der Waals surface area contributed by atoms with E-state index < -0.39 is 6.04 Å². The predicted octanol–water partition coefficient (Wildman–Crippen LogP) is 2.06. The summed E-state index contributed by atoms with van der Waals surface area (Å²) in [5.41, 5.74) is 6.36. The summed E-state index contributed by atoms with van der Waals surface area (Å²) in [6.07, 6.45) is 1.79. The molecule has 0 bridgehead atoms. The number of hydrogen-bond donors (Lipinski definition) is 1. The second kappa shape index (κ2) is 5.61. The van der Waals surface area contributed by atoms with Gasteiger partial charge in [-0.2, -0.15) is 0 Å². The molecular formula is C12H16FNO. The molecule has 1 aromatic carbocycles. The van der Waals surface area contributed by atoms with Crippen molar-refractivity contribution in [3.05, 3.63) is 35.6 Å². The average molecular weight is 209 g/mol. The number of Topliss-reactive ketones (excluding diaryl/α,β-unsaturated/α-hetero) is 1. The van der Waals surface area contributed by atoms with Gasteiger partial charge in [-0.15, -0.1) is 0 Å². The molecule has 0 aromatic heterocycles. The molecule has 1 atom stereocenters. The Labute approximate surface area is 89.3 Å². The van der Waals surface area contributed by atoms with E-state index in [1.54, 1.807) is 12.1 Å². The largest absolute Gasteiger partial charge is 0.321 e. The lowest BCUT2D eigenvalue weighted by Crippen LogP contribution is -2.31. The molecule has 0 heterocycles. The van der Waals surface area contributed by atoms with Gasteiger partial charge >= 0.3 is 0 Å². The van der Waals surface area contributed by atoms with Gasteiger partial charge in [-0.3, -0.25) is 4.79 Å². The maximum Gasteiger partial charge on any atom is 0.153 e. The van der Waals surface area contributed by atoms with Gasteiger partial charge < -0.3 is 5.73 Å². The van der Waals surface area contributed by atoms with E-state index in [-0.39, 0.29) is 18.0 Å². The molecule has 1 unspecified atom stereocenters. The van der Waals surface area contributed by atoms with Crippen LogP contribution in [0.1, 0.15) is 25.3 Å². The molecule has 2 N–H and O–H groups in total. The molecule has 3 heteroatoms. The fraction of sp³-hybridized carbons (Fsp3) is 0.417. The first-order chi connectivity index (χ1) is 7.13. The topological polar surface area (TPSA) is 43.1 Å². The third kappa shape index (κ3) is 3.80. The van der Waals surface area contributed by atoms with Gasteiger partial charge in [0.2, 0.25) is 0 Å². The van der Waals surface area contributed by atoms with Crippen LogP contribution in [0.25, 0.3) is 0 Å². The number of carbonyl (C=O) groups is 1. The van der Waals surface area contributed by atoms with E-state index in [0.717, 1.165) is 6.42 Å². The summed E-state index contributed by atoms with van der Waals surface area (Å²) >= 11 is 0. The van der Waals surface area contributed by atoms with Crippen LogP contribution >= 0.6 is 0 Å². The zero-order valence-electron chi connectivity index (χ0n) is 8.87. The number of halogens is 1. The smallest absolute Gasteiger partial charge is 0.153 e. The van der Waals surface area contributed by atoms with Gasteiger partial charge in [0.25, 0.3) is 0 Å². The van der Waals surface area contributed by atoms with Crippen LogP contribution in [0.2, 0.25) is 0 Å². The van der Waals surface area contributed by atoms with Crippen molar-refractivity contribution < 1.29 is 9.18 Å². The van der Waals surface area contributed by atoms with Crippen LogP contribution in [0.15, 0.2) is 24.3 Å². The van der Waals surface area contributed by atoms with Crippen molar-refractivity contribution in [2.24, 2.45) is 5.73 Å². The first-order valence-electron chi connectivity index (χ1n) is 5.16. The molecule has 0 aliphatic carbocycles. The van der Waals surface area contributed by atoms with Crippen LogP contribution in [-0.2, 0) is 11.2 Å². The summed E-state index contributed by atoms with van der Waals surface area (Å²) in [7, 11) is 0. The highest BCUT2D eigenvalue weighted by atomic mass is 19.1. The van der Waals surface area contributed by atoms with Crippen LogP contribution in [0.3, 0.4) is 0 Å². The van der Waals surface area contributed by atoms with Gasteiger partial charge in [-0.25, -0.2) is 4.39 Å². The lowest BCUT2D eigenvalue weighted by atomic mass is 10.0. The number of hydrogen-bond acceptors (Lipinski definition) is 2. The quantitative estimate of drug-likeness (QED) is 0.806. The van der Waals surface area contributed by atoms with E-state index in [1.165, 1.54) is 12.1 Å². The SMILES string of the molecule is CCCC(N)C(=O)Cc1cccc(F)c1. The molecule has 0 aliphatic rings. The van der Waals surface area contributed by atoms with Crippen molar-refractivity contribution in [3.63, 3.8) is 0 Å². The normalized spacial score (nSPS) is 12.5. The molecule has 1 aromatic rings. The highest BCUT2D eigenvalue weighted by molar-refractivity contribution is 5.85. The van der Waals surface area contributed by atoms with Crippen molar-refractivity contribution in [2.45, 2.75) is 32.2 Å².